The highest BCUT2D eigenvalue weighted by molar-refractivity contribution is 6.31. The fourth-order valence-electron chi connectivity index (χ4n) is 3.25. The van der Waals surface area contributed by atoms with E-state index in [1.54, 1.807) is 0 Å². The van der Waals surface area contributed by atoms with Crippen molar-refractivity contribution in [2.24, 2.45) is 5.73 Å². The zero-order chi connectivity index (χ0) is 20.8. The van der Waals surface area contributed by atoms with Crippen LogP contribution in [-0.2, 0) is 6.61 Å². The van der Waals surface area contributed by atoms with Gasteiger partial charge in [-0.2, -0.15) is 0 Å². The number of hydrogen-bond acceptors (Lipinski definition) is 4. The third-order valence-electron chi connectivity index (χ3n) is 5.07. The number of rotatable bonds is 8. The summed E-state index contributed by atoms with van der Waals surface area (Å²) < 4.78 is 5.91. The zero-order valence-electron chi connectivity index (χ0n) is 16.3. The van der Waals surface area contributed by atoms with Crippen LogP contribution in [0.2, 0.25) is 5.02 Å². The smallest absolute Gasteiger partial charge is 0.120 e. The lowest BCUT2D eigenvalue weighted by Crippen LogP contribution is -2.41. The third-order valence-corrected chi connectivity index (χ3v) is 5.40. The number of benzene rings is 3. The molecule has 3 aromatic rings. The second-order valence-corrected chi connectivity index (χ2v) is 7.57. The van der Waals surface area contributed by atoms with Gasteiger partial charge in [0.05, 0.1) is 18.8 Å². The number of aliphatic hydroxyl groups is 2. The molecule has 5 heteroatoms. The predicted octanol–water partition coefficient (Wildman–Crippen LogP) is 4.37. The van der Waals surface area contributed by atoms with Crippen molar-refractivity contribution in [3.8, 4) is 16.9 Å². The molecule has 3 aromatic carbocycles. The van der Waals surface area contributed by atoms with Crippen molar-refractivity contribution in [2.45, 2.75) is 31.6 Å². The van der Waals surface area contributed by atoms with Crippen LogP contribution < -0.4 is 10.5 Å². The maximum absolute atomic E-state index is 10.3. The molecule has 0 aliphatic carbocycles. The highest BCUT2D eigenvalue weighted by Crippen LogP contribution is 2.33. The minimum Gasteiger partial charge on any atom is -0.489 e. The molecule has 3 unspecified atom stereocenters. The molecular weight excluding hydrogens is 386 g/mol. The molecule has 4 nitrogen and oxygen atoms in total. The first-order valence-corrected chi connectivity index (χ1v) is 9.98. The molecule has 3 atom stereocenters. The van der Waals surface area contributed by atoms with Crippen LogP contribution in [-0.4, -0.2) is 29.0 Å². The lowest BCUT2D eigenvalue weighted by atomic mass is 9.90. The van der Waals surface area contributed by atoms with Crippen molar-refractivity contribution in [2.75, 3.05) is 6.61 Å². The molecule has 0 spiro atoms. The van der Waals surface area contributed by atoms with Crippen molar-refractivity contribution < 1.29 is 14.9 Å². The largest absolute Gasteiger partial charge is 0.489 e. The van der Waals surface area contributed by atoms with Crippen LogP contribution in [0.15, 0.2) is 72.8 Å². The number of nitrogens with two attached hydrogens (primary N) is 1. The minimum absolute atomic E-state index is 0.281. The van der Waals surface area contributed by atoms with E-state index < -0.39 is 12.1 Å². The number of halogens is 1. The lowest BCUT2D eigenvalue weighted by Gasteiger charge is -2.24. The van der Waals surface area contributed by atoms with Crippen molar-refractivity contribution in [1.29, 1.82) is 0 Å². The zero-order valence-corrected chi connectivity index (χ0v) is 17.1. The Kier molecular flexibility index (Phi) is 7.29. The Hall–Kier alpha value is -2.37. The maximum Gasteiger partial charge on any atom is 0.120 e. The summed E-state index contributed by atoms with van der Waals surface area (Å²) in [7, 11) is 0. The summed E-state index contributed by atoms with van der Waals surface area (Å²) in [6.07, 6.45) is -0.877. The summed E-state index contributed by atoms with van der Waals surface area (Å²) in [5.41, 5.74) is 9.61. The average Bonchev–Trinajstić information content (AvgIpc) is 2.77. The van der Waals surface area contributed by atoms with E-state index in [9.17, 15) is 10.2 Å². The first-order chi connectivity index (χ1) is 14.0. The van der Waals surface area contributed by atoms with Gasteiger partial charge in [0.25, 0.3) is 0 Å². The quantitative estimate of drug-likeness (QED) is 0.514. The Labute approximate surface area is 176 Å². The van der Waals surface area contributed by atoms with E-state index in [0.29, 0.717) is 11.6 Å². The van der Waals surface area contributed by atoms with Crippen LogP contribution in [0.5, 0.6) is 5.75 Å². The van der Waals surface area contributed by atoms with Crippen LogP contribution in [0, 0.1) is 0 Å². The standard InChI is InChI=1S/C24H26ClNO3/c1-16(24(28)23(26)14-27)21-11-10-19(13-22(21)25)18-8-5-9-20(12-18)29-15-17-6-3-2-4-7-17/h2-13,16,23-24,27-28H,14-15,26H2,1H3. The van der Waals surface area contributed by atoms with Gasteiger partial charge < -0.3 is 20.7 Å². The van der Waals surface area contributed by atoms with Crippen LogP contribution in [0.1, 0.15) is 24.0 Å². The second kappa shape index (κ2) is 9.90. The topological polar surface area (TPSA) is 75.7 Å². The summed E-state index contributed by atoms with van der Waals surface area (Å²) in [4.78, 5) is 0. The molecule has 0 aliphatic rings. The van der Waals surface area contributed by atoms with Crippen molar-refractivity contribution in [1.82, 2.24) is 0 Å². The fourth-order valence-corrected chi connectivity index (χ4v) is 3.60. The molecule has 4 N–H and O–H groups in total. The molecule has 0 bridgehead atoms. The second-order valence-electron chi connectivity index (χ2n) is 7.16. The molecule has 0 fully saturated rings. The van der Waals surface area contributed by atoms with E-state index in [1.165, 1.54) is 0 Å². The van der Waals surface area contributed by atoms with E-state index in [1.807, 2.05) is 79.7 Å². The summed E-state index contributed by atoms with van der Waals surface area (Å²) in [6, 6.07) is 22.9. The van der Waals surface area contributed by atoms with Crippen LogP contribution >= 0.6 is 11.6 Å². The monoisotopic (exact) mass is 411 g/mol. The number of aliphatic hydroxyl groups excluding tert-OH is 2. The van der Waals surface area contributed by atoms with Gasteiger partial charge in [-0.05, 0) is 40.5 Å². The molecular formula is C24H26ClNO3. The van der Waals surface area contributed by atoms with Crippen LogP contribution in [0.4, 0.5) is 0 Å². The van der Waals surface area contributed by atoms with Crippen molar-refractivity contribution >= 4 is 11.6 Å². The molecule has 0 saturated heterocycles. The summed E-state index contributed by atoms with van der Waals surface area (Å²) in [5, 5.41) is 20.0. The molecule has 0 radical (unpaired) electrons. The lowest BCUT2D eigenvalue weighted by molar-refractivity contribution is 0.0900. The van der Waals surface area contributed by atoms with Gasteiger partial charge in [0.1, 0.15) is 12.4 Å². The first-order valence-electron chi connectivity index (χ1n) is 9.60. The average molecular weight is 412 g/mol. The van der Waals surface area contributed by atoms with Gasteiger partial charge >= 0.3 is 0 Å². The van der Waals surface area contributed by atoms with Gasteiger partial charge in [-0.15, -0.1) is 0 Å². The van der Waals surface area contributed by atoms with E-state index in [2.05, 4.69) is 0 Å². The van der Waals surface area contributed by atoms with E-state index in [-0.39, 0.29) is 12.5 Å². The summed E-state index contributed by atoms with van der Waals surface area (Å²) >= 11 is 6.50. The van der Waals surface area contributed by atoms with E-state index in [0.717, 1.165) is 28.0 Å². The fraction of sp³-hybridized carbons (Fsp3) is 0.250. The Morgan fingerprint density at radius 2 is 1.69 bits per heavy atom. The highest BCUT2D eigenvalue weighted by atomic mass is 35.5. The van der Waals surface area contributed by atoms with Gasteiger partial charge in [0.15, 0.2) is 0 Å². The van der Waals surface area contributed by atoms with Gasteiger partial charge in [0.2, 0.25) is 0 Å². The summed E-state index contributed by atoms with van der Waals surface area (Å²) in [5.74, 6) is 0.489. The van der Waals surface area contributed by atoms with E-state index in [4.69, 9.17) is 22.1 Å². The number of hydrogen-bond donors (Lipinski definition) is 3. The van der Waals surface area contributed by atoms with Gasteiger partial charge in [-0.25, -0.2) is 0 Å². The van der Waals surface area contributed by atoms with Gasteiger partial charge in [-0.3, -0.25) is 0 Å². The Bertz CT molecular complexity index is 932. The Morgan fingerprint density at radius 1 is 0.966 bits per heavy atom. The minimum atomic E-state index is -0.877. The maximum atomic E-state index is 10.3. The van der Waals surface area contributed by atoms with Crippen molar-refractivity contribution in [3.63, 3.8) is 0 Å². The summed E-state index contributed by atoms with van der Waals surface area (Å²) in [6.45, 7) is 2.07. The first kappa shape index (κ1) is 21.3. The van der Waals surface area contributed by atoms with Crippen LogP contribution in [0.3, 0.4) is 0 Å². The molecule has 0 amide bonds. The molecule has 0 heterocycles. The molecule has 152 valence electrons. The van der Waals surface area contributed by atoms with Gasteiger partial charge in [0, 0.05) is 10.9 Å². The molecule has 3 rings (SSSR count). The Morgan fingerprint density at radius 3 is 2.38 bits per heavy atom. The van der Waals surface area contributed by atoms with E-state index >= 15 is 0 Å². The highest BCUT2D eigenvalue weighted by Gasteiger charge is 2.24. The van der Waals surface area contributed by atoms with Gasteiger partial charge in [-0.1, -0.05) is 73.1 Å². The SMILES string of the molecule is CC(c1ccc(-c2cccc(OCc3ccccc3)c2)cc1Cl)C(O)C(N)CO. The van der Waals surface area contributed by atoms with Crippen molar-refractivity contribution in [3.05, 3.63) is 88.9 Å². The molecule has 0 aromatic heterocycles. The van der Waals surface area contributed by atoms with Crippen LogP contribution in [0.25, 0.3) is 11.1 Å². The molecule has 29 heavy (non-hydrogen) atoms. The normalized spacial score (nSPS) is 14.2. The molecule has 0 saturated carbocycles. The third kappa shape index (κ3) is 5.37. The Balaban J connectivity index is 1.76. The predicted molar refractivity (Wildman–Crippen MR) is 117 cm³/mol. The molecule has 0 aliphatic heterocycles. The number of ether oxygens (including phenoxy) is 1.